The van der Waals surface area contributed by atoms with Gasteiger partial charge in [0, 0.05) is 6.07 Å². The van der Waals surface area contributed by atoms with Crippen molar-refractivity contribution in [1.29, 1.82) is 0 Å². The van der Waals surface area contributed by atoms with Gasteiger partial charge in [-0.05, 0) is 30.3 Å². The van der Waals surface area contributed by atoms with Crippen LogP contribution in [0.2, 0.25) is 0 Å². The maximum absolute atomic E-state index is 13.6. The van der Waals surface area contributed by atoms with Gasteiger partial charge in [-0.1, -0.05) is 0 Å². The van der Waals surface area contributed by atoms with Crippen LogP contribution in [0, 0.1) is 17.5 Å². The van der Waals surface area contributed by atoms with Crippen molar-refractivity contribution in [3.63, 3.8) is 0 Å². The number of nitrogens with one attached hydrogen (secondary N) is 3. The third kappa shape index (κ3) is 5.24. The summed E-state index contributed by atoms with van der Waals surface area (Å²) in [5.41, 5.74) is 0.673. The van der Waals surface area contributed by atoms with E-state index in [9.17, 15) is 18.0 Å². The molecule has 1 amide bonds. The maximum atomic E-state index is 13.6. The Balaban J connectivity index is 1.49. The minimum absolute atomic E-state index is 0.146. The second-order valence-electron chi connectivity index (χ2n) is 6.98. The molecule has 0 spiro atoms. The van der Waals surface area contributed by atoms with Crippen LogP contribution >= 0.6 is 0 Å². The summed E-state index contributed by atoms with van der Waals surface area (Å²) in [5.74, 6) is -1.24. The van der Waals surface area contributed by atoms with Crippen LogP contribution in [0.25, 0.3) is 0 Å². The highest BCUT2D eigenvalue weighted by molar-refractivity contribution is 5.91. The van der Waals surface area contributed by atoms with Gasteiger partial charge in [0.1, 0.15) is 55.9 Å². The van der Waals surface area contributed by atoms with Crippen LogP contribution in [-0.2, 0) is 11.3 Å². The first kappa shape index (κ1) is 20.2. The monoisotopic (exact) mass is 395 g/mol. The standard InChI is InChI=1S/C20H22F3N3O2/c1-28-19-5-3-15(21)10-14(19)12-25-6-8-26(9-7-25)13-20(27)24-18-11-16(22)2-4-17(18)23/h2-5,10-11H,6-9,12-13H2,1H3,(H,24,27)/p+2. The summed E-state index contributed by atoms with van der Waals surface area (Å²) in [6.45, 7) is 3.98. The van der Waals surface area contributed by atoms with Gasteiger partial charge in [0.05, 0.1) is 18.4 Å². The summed E-state index contributed by atoms with van der Waals surface area (Å²) in [7, 11) is 1.56. The number of carbonyl (C=O) groups is 1. The molecule has 0 aromatic heterocycles. The van der Waals surface area contributed by atoms with E-state index >= 15 is 0 Å². The largest absolute Gasteiger partial charge is 0.496 e. The summed E-state index contributed by atoms with van der Waals surface area (Å²) < 4.78 is 45.6. The molecule has 28 heavy (non-hydrogen) atoms. The fraction of sp³-hybridized carbons (Fsp3) is 0.350. The van der Waals surface area contributed by atoms with Crippen LogP contribution < -0.4 is 19.9 Å². The molecular weight excluding hydrogens is 371 g/mol. The molecule has 0 atom stereocenters. The van der Waals surface area contributed by atoms with Crippen molar-refractivity contribution >= 4 is 11.6 Å². The number of hydrogen-bond acceptors (Lipinski definition) is 2. The van der Waals surface area contributed by atoms with Crippen molar-refractivity contribution < 1.29 is 32.5 Å². The van der Waals surface area contributed by atoms with E-state index in [2.05, 4.69) is 5.32 Å². The van der Waals surface area contributed by atoms with Crippen molar-refractivity contribution in [2.24, 2.45) is 0 Å². The Morgan fingerprint density at radius 1 is 1.00 bits per heavy atom. The molecule has 1 heterocycles. The average molecular weight is 395 g/mol. The van der Waals surface area contributed by atoms with Crippen LogP contribution in [0.5, 0.6) is 5.75 Å². The number of hydrogen-bond donors (Lipinski definition) is 3. The number of piperazine rings is 1. The van der Waals surface area contributed by atoms with Crippen LogP contribution in [-0.4, -0.2) is 45.7 Å². The van der Waals surface area contributed by atoms with Gasteiger partial charge in [0.2, 0.25) is 0 Å². The summed E-state index contributed by atoms with van der Waals surface area (Å²) in [6.07, 6.45) is 0. The molecule has 0 saturated carbocycles. The minimum Gasteiger partial charge on any atom is -0.496 e. The van der Waals surface area contributed by atoms with Crippen molar-refractivity contribution in [3.05, 3.63) is 59.4 Å². The third-order valence-electron chi connectivity index (χ3n) is 4.96. The highest BCUT2D eigenvalue weighted by Crippen LogP contribution is 2.18. The number of methoxy groups -OCH3 is 1. The van der Waals surface area contributed by atoms with Gasteiger partial charge in [0.25, 0.3) is 5.91 Å². The second-order valence-corrected chi connectivity index (χ2v) is 6.98. The van der Waals surface area contributed by atoms with Crippen LogP contribution in [0.3, 0.4) is 0 Å². The normalized spacial score (nSPS) is 19.3. The number of carbonyl (C=O) groups excluding carboxylic acids is 1. The van der Waals surface area contributed by atoms with Gasteiger partial charge in [-0.25, -0.2) is 13.2 Å². The lowest BCUT2D eigenvalue weighted by atomic mass is 10.1. The first-order valence-electron chi connectivity index (χ1n) is 9.19. The zero-order valence-electron chi connectivity index (χ0n) is 15.7. The molecule has 0 bridgehead atoms. The lowest BCUT2D eigenvalue weighted by Gasteiger charge is -2.29. The molecule has 2 aromatic rings. The summed E-state index contributed by atoms with van der Waals surface area (Å²) >= 11 is 0. The van der Waals surface area contributed by atoms with Crippen LogP contribution in [0.15, 0.2) is 36.4 Å². The van der Waals surface area contributed by atoms with Gasteiger partial charge < -0.3 is 19.9 Å². The fourth-order valence-corrected chi connectivity index (χ4v) is 3.48. The molecule has 1 aliphatic heterocycles. The molecule has 150 valence electrons. The van der Waals surface area contributed by atoms with Gasteiger partial charge >= 0.3 is 0 Å². The third-order valence-corrected chi connectivity index (χ3v) is 4.96. The zero-order chi connectivity index (χ0) is 20.1. The van der Waals surface area contributed by atoms with Crippen molar-refractivity contribution in [3.8, 4) is 5.75 Å². The van der Waals surface area contributed by atoms with E-state index in [0.717, 1.165) is 54.8 Å². The average Bonchev–Trinajstić information content (AvgIpc) is 2.66. The smallest absolute Gasteiger partial charge is 0.279 e. The molecular formula is C20H24F3N3O2+2. The molecule has 3 rings (SSSR count). The highest BCUT2D eigenvalue weighted by atomic mass is 19.1. The Kier molecular flexibility index (Phi) is 6.53. The summed E-state index contributed by atoms with van der Waals surface area (Å²) in [5, 5.41) is 2.43. The Bertz CT molecular complexity index is 839. The van der Waals surface area contributed by atoms with E-state index in [4.69, 9.17) is 4.74 Å². The topological polar surface area (TPSA) is 47.2 Å². The molecule has 1 aliphatic rings. The lowest BCUT2D eigenvalue weighted by molar-refractivity contribution is -1.02. The molecule has 8 heteroatoms. The van der Waals surface area contributed by atoms with E-state index < -0.39 is 11.6 Å². The summed E-state index contributed by atoms with van der Waals surface area (Å²) in [4.78, 5) is 14.5. The number of anilines is 1. The Morgan fingerprint density at radius 2 is 1.64 bits per heavy atom. The number of quaternary nitrogens is 2. The van der Waals surface area contributed by atoms with Crippen molar-refractivity contribution in [2.45, 2.75) is 6.54 Å². The molecule has 0 radical (unpaired) electrons. The number of amides is 1. The van der Waals surface area contributed by atoms with Gasteiger partial charge in [-0.2, -0.15) is 0 Å². The lowest BCUT2D eigenvalue weighted by Crippen LogP contribution is -3.28. The van der Waals surface area contributed by atoms with E-state index in [1.807, 2.05) is 0 Å². The second kappa shape index (κ2) is 9.07. The van der Waals surface area contributed by atoms with E-state index in [1.54, 1.807) is 13.2 Å². The van der Waals surface area contributed by atoms with Gasteiger partial charge in [0.15, 0.2) is 6.54 Å². The number of rotatable bonds is 6. The fourth-order valence-electron chi connectivity index (χ4n) is 3.48. The molecule has 5 nitrogen and oxygen atoms in total. The molecule has 1 saturated heterocycles. The van der Waals surface area contributed by atoms with Crippen molar-refractivity contribution in [1.82, 2.24) is 0 Å². The highest BCUT2D eigenvalue weighted by Gasteiger charge is 2.26. The zero-order valence-corrected chi connectivity index (χ0v) is 15.7. The Labute approximate surface area is 161 Å². The Morgan fingerprint density at radius 3 is 2.36 bits per heavy atom. The van der Waals surface area contributed by atoms with Crippen LogP contribution in [0.4, 0.5) is 18.9 Å². The molecule has 0 aliphatic carbocycles. The number of benzene rings is 2. The predicted octanol–water partition coefficient (Wildman–Crippen LogP) is 0.0346. The number of halogens is 3. The van der Waals surface area contributed by atoms with E-state index in [0.29, 0.717) is 12.3 Å². The van der Waals surface area contributed by atoms with E-state index in [1.165, 1.54) is 17.0 Å². The molecule has 0 unspecified atom stereocenters. The Hall–Kier alpha value is -2.58. The molecule has 2 aromatic carbocycles. The first-order valence-corrected chi connectivity index (χ1v) is 9.19. The molecule has 1 fully saturated rings. The summed E-state index contributed by atoms with van der Waals surface area (Å²) in [6, 6.07) is 7.46. The maximum Gasteiger partial charge on any atom is 0.279 e. The van der Waals surface area contributed by atoms with Gasteiger partial charge in [-0.3, -0.25) is 4.79 Å². The quantitative estimate of drug-likeness (QED) is 0.647. The SMILES string of the molecule is COc1ccc(F)cc1C[NH+]1CC[NH+](CC(=O)Nc2cc(F)ccc2F)CC1. The van der Waals surface area contributed by atoms with Gasteiger partial charge in [-0.15, -0.1) is 0 Å². The van der Waals surface area contributed by atoms with Crippen molar-refractivity contribution in [2.75, 3.05) is 45.2 Å². The number of ether oxygens (including phenoxy) is 1. The predicted molar refractivity (Wildman–Crippen MR) is 97.9 cm³/mol. The first-order chi connectivity index (χ1) is 13.4. The van der Waals surface area contributed by atoms with Crippen LogP contribution in [0.1, 0.15) is 5.56 Å². The van der Waals surface area contributed by atoms with E-state index in [-0.39, 0.29) is 24.0 Å². The molecule has 3 N–H and O–H groups in total. The minimum atomic E-state index is -0.664.